The first-order valence-corrected chi connectivity index (χ1v) is 8.71. The van der Waals surface area contributed by atoms with Gasteiger partial charge in [0.25, 0.3) is 0 Å². The Morgan fingerprint density at radius 1 is 1.17 bits per heavy atom. The monoisotopic (exact) mass is 343 g/mol. The van der Waals surface area contributed by atoms with Gasteiger partial charge in [-0.05, 0) is 37.1 Å². The van der Waals surface area contributed by atoms with Crippen molar-refractivity contribution in [1.29, 1.82) is 0 Å². The summed E-state index contributed by atoms with van der Waals surface area (Å²) in [7, 11) is 1.34. The Morgan fingerprint density at radius 3 is 2.54 bits per heavy atom. The molecule has 0 saturated carbocycles. The highest BCUT2D eigenvalue weighted by Crippen LogP contribution is 2.28. The van der Waals surface area contributed by atoms with Crippen LogP contribution in [-0.4, -0.2) is 24.7 Å². The molecule has 0 aliphatic heterocycles. The number of ether oxygens (including phenoxy) is 1. The van der Waals surface area contributed by atoms with Crippen LogP contribution >= 0.6 is 11.8 Å². The van der Waals surface area contributed by atoms with Crippen molar-refractivity contribution in [3.63, 3.8) is 0 Å². The van der Waals surface area contributed by atoms with Crippen LogP contribution in [0.5, 0.6) is 0 Å². The van der Waals surface area contributed by atoms with Crippen molar-refractivity contribution in [3.8, 4) is 0 Å². The Balaban J connectivity index is 1.96. The second-order valence-corrected chi connectivity index (χ2v) is 6.76. The quantitative estimate of drug-likeness (QED) is 0.798. The number of nitrogens with one attached hydrogen (secondary N) is 1. The van der Waals surface area contributed by atoms with Gasteiger partial charge in [-0.3, -0.25) is 4.79 Å². The summed E-state index contributed by atoms with van der Waals surface area (Å²) in [6.45, 7) is 3.97. The Kier molecular flexibility index (Phi) is 6.44. The van der Waals surface area contributed by atoms with Gasteiger partial charge in [-0.15, -0.1) is 11.8 Å². The normalized spacial score (nSPS) is 11.6. The molecule has 2 aromatic rings. The zero-order valence-electron chi connectivity index (χ0n) is 14.0. The second-order valence-electron chi connectivity index (χ2n) is 5.43. The van der Waals surface area contributed by atoms with E-state index in [1.807, 2.05) is 25.1 Å². The number of methoxy groups -OCH3 is 1. The van der Waals surface area contributed by atoms with Crippen LogP contribution in [0.25, 0.3) is 0 Å². The number of carbonyl (C=O) groups excluding carboxylic acids is 2. The molecular formula is C19H21NO3S. The Bertz CT molecular complexity index is 716. The molecular weight excluding hydrogens is 322 g/mol. The number of carbonyl (C=O) groups is 2. The largest absolute Gasteiger partial charge is 0.465 e. The van der Waals surface area contributed by atoms with Gasteiger partial charge in [-0.25, -0.2) is 4.79 Å². The third kappa shape index (κ3) is 4.86. The number of benzene rings is 2. The number of rotatable bonds is 6. The van der Waals surface area contributed by atoms with Crippen LogP contribution in [0.1, 0.15) is 33.7 Å². The lowest BCUT2D eigenvalue weighted by Crippen LogP contribution is -2.16. The molecule has 2 aromatic carbocycles. The van der Waals surface area contributed by atoms with Crippen LogP contribution in [0, 0.1) is 6.92 Å². The Labute approximate surface area is 146 Å². The van der Waals surface area contributed by atoms with E-state index in [0.29, 0.717) is 17.0 Å². The molecule has 0 aliphatic rings. The van der Waals surface area contributed by atoms with Crippen LogP contribution in [0.3, 0.4) is 0 Å². The molecule has 0 fully saturated rings. The maximum absolute atomic E-state index is 12.2. The van der Waals surface area contributed by atoms with Gasteiger partial charge in [0, 0.05) is 10.9 Å². The van der Waals surface area contributed by atoms with Gasteiger partial charge in [0.1, 0.15) is 0 Å². The maximum atomic E-state index is 12.2. The van der Waals surface area contributed by atoms with Crippen molar-refractivity contribution in [3.05, 3.63) is 65.2 Å². The zero-order chi connectivity index (χ0) is 17.5. The number of esters is 1. The van der Waals surface area contributed by atoms with Crippen molar-refractivity contribution in [1.82, 2.24) is 0 Å². The van der Waals surface area contributed by atoms with E-state index in [9.17, 15) is 9.59 Å². The number of hydrogen-bond acceptors (Lipinski definition) is 4. The minimum absolute atomic E-state index is 0.0899. The summed E-state index contributed by atoms with van der Waals surface area (Å²) in [4.78, 5) is 23.8. The first-order valence-electron chi connectivity index (χ1n) is 7.66. The fraction of sp³-hybridized carbons (Fsp3) is 0.263. The van der Waals surface area contributed by atoms with E-state index in [-0.39, 0.29) is 11.2 Å². The topological polar surface area (TPSA) is 55.4 Å². The van der Waals surface area contributed by atoms with Crippen molar-refractivity contribution in [2.45, 2.75) is 19.1 Å². The molecule has 1 amide bonds. The molecule has 0 spiro atoms. The second kappa shape index (κ2) is 8.55. The molecule has 0 saturated heterocycles. The first-order chi connectivity index (χ1) is 11.5. The van der Waals surface area contributed by atoms with Gasteiger partial charge in [-0.2, -0.15) is 0 Å². The molecule has 0 heterocycles. The number of amides is 1. The van der Waals surface area contributed by atoms with Gasteiger partial charge in [0.2, 0.25) is 5.91 Å². The molecule has 1 N–H and O–H groups in total. The summed E-state index contributed by atoms with van der Waals surface area (Å²) in [6, 6.07) is 15.2. The van der Waals surface area contributed by atoms with Gasteiger partial charge in [-0.1, -0.05) is 36.4 Å². The summed E-state index contributed by atoms with van der Waals surface area (Å²) < 4.78 is 4.71. The Hall–Kier alpha value is -2.27. The average Bonchev–Trinajstić information content (AvgIpc) is 2.61. The van der Waals surface area contributed by atoms with E-state index < -0.39 is 5.97 Å². The van der Waals surface area contributed by atoms with Gasteiger partial charge >= 0.3 is 5.97 Å². The van der Waals surface area contributed by atoms with Crippen LogP contribution in [-0.2, 0) is 9.53 Å². The lowest BCUT2D eigenvalue weighted by Gasteiger charge is -2.13. The predicted octanol–water partition coefficient (Wildman–Crippen LogP) is 4.21. The van der Waals surface area contributed by atoms with Crippen molar-refractivity contribution < 1.29 is 14.3 Å². The minimum Gasteiger partial charge on any atom is -0.465 e. The van der Waals surface area contributed by atoms with Gasteiger partial charge in [0.15, 0.2) is 0 Å². The van der Waals surface area contributed by atoms with Crippen molar-refractivity contribution in [2.24, 2.45) is 0 Å². The summed E-state index contributed by atoms with van der Waals surface area (Å²) in [5, 5.41) is 3.10. The lowest BCUT2D eigenvalue weighted by molar-refractivity contribution is -0.113. The number of anilines is 1. The third-order valence-corrected chi connectivity index (χ3v) is 4.87. The van der Waals surface area contributed by atoms with E-state index in [4.69, 9.17) is 4.74 Å². The van der Waals surface area contributed by atoms with Gasteiger partial charge in [0.05, 0.1) is 18.4 Å². The molecule has 5 heteroatoms. The standard InChI is InChI=1S/C19H21NO3S/c1-13-9-10-16(19(22)23-3)11-17(13)20-18(21)12-24-14(2)15-7-5-4-6-8-15/h4-11,14H,12H2,1-3H3,(H,20,21)/t14-/m1/s1. The predicted molar refractivity (Wildman–Crippen MR) is 98.5 cm³/mol. The molecule has 0 bridgehead atoms. The average molecular weight is 343 g/mol. The maximum Gasteiger partial charge on any atom is 0.337 e. The smallest absolute Gasteiger partial charge is 0.337 e. The molecule has 4 nitrogen and oxygen atoms in total. The fourth-order valence-corrected chi connectivity index (χ4v) is 3.03. The van der Waals surface area contributed by atoms with Crippen molar-refractivity contribution >= 4 is 29.3 Å². The molecule has 0 aromatic heterocycles. The summed E-state index contributed by atoms with van der Waals surface area (Å²) in [5.74, 6) is -0.164. The summed E-state index contributed by atoms with van der Waals surface area (Å²) in [5.41, 5.74) is 3.15. The molecule has 0 unspecified atom stereocenters. The highest BCUT2D eigenvalue weighted by atomic mass is 32.2. The number of aryl methyl sites for hydroxylation is 1. The lowest BCUT2D eigenvalue weighted by atomic mass is 10.1. The van der Waals surface area contributed by atoms with Crippen LogP contribution < -0.4 is 5.32 Å². The summed E-state index contributed by atoms with van der Waals surface area (Å²) in [6.07, 6.45) is 0. The van der Waals surface area contributed by atoms with E-state index in [0.717, 1.165) is 5.56 Å². The van der Waals surface area contributed by atoms with Crippen LogP contribution in [0.15, 0.2) is 48.5 Å². The summed E-state index contributed by atoms with van der Waals surface area (Å²) >= 11 is 1.57. The molecule has 2 rings (SSSR count). The highest BCUT2D eigenvalue weighted by molar-refractivity contribution is 8.00. The zero-order valence-corrected chi connectivity index (χ0v) is 14.9. The highest BCUT2D eigenvalue weighted by Gasteiger charge is 2.12. The minimum atomic E-state index is -0.419. The van der Waals surface area contributed by atoms with E-state index in [1.54, 1.807) is 30.0 Å². The number of hydrogen-bond donors (Lipinski definition) is 1. The molecule has 24 heavy (non-hydrogen) atoms. The molecule has 0 aliphatic carbocycles. The van der Waals surface area contributed by atoms with E-state index in [1.165, 1.54) is 12.7 Å². The van der Waals surface area contributed by atoms with E-state index in [2.05, 4.69) is 24.4 Å². The fourth-order valence-electron chi connectivity index (χ4n) is 2.21. The SMILES string of the molecule is COC(=O)c1ccc(C)c(NC(=O)CS[C@H](C)c2ccccc2)c1. The molecule has 1 atom stereocenters. The Morgan fingerprint density at radius 2 is 1.88 bits per heavy atom. The van der Waals surface area contributed by atoms with Crippen LogP contribution in [0.4, 0.5) is 5.69 Å². The molecule has 126 valence electrons. The van der Waals surface area contributed by atoms with Crippen LogP contribution in [0.2, 0.25) is 0 Å². The van der Waals surface area contributed by atoms with Crippen molar-refractivity contribution in [2.75, 3.05) is 18.2 Å². The first kappa shape index (κ1) is 18.1. The number of thioether (sulfide) groups is 1. The van der Waals surface area contributed by atoms with E-state index >= 15 is 0 Å². The molecule has 0 radical (unpaired) electrons. The third-order valence-electron chi connectivity index (χ3n) is 3.67. The van der Waals surface area contributed by atoms with Gasteiger partial charge < -0.3 is 10.1 Å².